The van der Waals surface area contributed by atoms with Crippen LogP contribution in [0.15, 0.2) is 30.7 Å². The molecule has 0 unspecified atom stereocenters. The van der Waals surface area contributed by atoms with Crippen LogP contribution in [0.25, 0.3) is 0 Å². The van der Waals surface area contributed by atoms with Crippen molar-refractivity contribution in [3.63, 3.8) is 0 Å². The van der Waals surface area contributed by atoms with E-state index < -0.39 is 0 Å². The average molecular weight is 381 g/mol. The van der Waals surface area contributed by atoms with Crippen LogP contribution in [0, 0.1) is 6.92 Å². The first kappa shape index (κ1) is 19.9. The number of nitrogens with zero attached hydrogens (tertiary/aromatic N) is 5. The molecule has 2 amide bonds. The Bertz CT molecular complexity index is 836. The number of aryl methyl sites for hydroxylation is 1. The molecular weight excluding hydrogens is 354 g/mol. The molecule has 148 valence electrons. The van der Waals surface area contributed by atoms with Crippen molar-refractivity contribution < 1.29 is 9.59 Å². The second-order valence-corrected chi connectivity index (χ2v) is 6.96. The van der Waals surface area contributed by atoms with E-state index in [0.717, 1.165) is 19.3 Å². The molecule has 0 N–H and O–H groups in total. The Balaban J connectivity index is 1.87. The van der Waals surface area contributed by atoms with Gasteiger partial charge in [0, 0.05) is 38.2 Å². The van der Waals surface area contributed by atoms with Crippen LogP contribution in [0.5, 0.6) is 0 Å². The summed E-state index contributed by atoms with van der Waals surface area (Å²) in [6.45, 7) is 7.70. The second-order valence-electron chi connectivity index (χ2n) is 6.96. The fourth-order valence-corrected chi connectivity index (χ4v) is 3.63. The molecule has 0 saturated carbocycles. The minimum Gasteiger partial charge on any atom is -0.339 e. The number of hydrogen-bond acceptors (Lipinski definition) is 5. The summed E-state index contributed by atoms with van der Waals surface area (Å²) < 4.78 is 0. The molecule has 0 aliphatic carbocycles. The van der Waals surface area contributed by atoms with Gasteiger partial charge in [0.15, 0.2) is 5.82 Å². The first-order valence-electron chi connectivity index (χ1n) is 9.90. The molecule has 1 atom stereocenters. The van der Waals surface area contributed by atoms with Gasteiger partial charge in [-0.2, -0.15) is 0 Å². The minimum absolute atomic E-state index is 0.0534. The van der Waals surface area contributed by atoms with Gasteiger partial charge < -0.3 is 9.80 Å². The lowest BCUT2D eigenvalue weighted by Gasteiger charge is -2.35. The number of aromatic nitrogens is 3. The van der Waals surface area contributed by atoms with Gasteiger partial charge >= 0.3 is 0 Å². The van der Waals surface area contributed by atoms with E-state index in [1.54, 1.807) is 35.6 Å². The maximum Gasteiger partial charge on any atom is 0.257 e. The first-order chi connectivity index (χ1) is 13.6. The zero-order valence-electron chi connectivity index (χ0n) is 16.8. The highest BCUT2D eigenvalue weighted by Gasteiger charge is 2.31. The third kappa shape index (κ3) is 4.03. The Morgan fingerprint density at radius 3 is 2.64 bits per heavy atom. The van der Waals surface area contributed by atoms with Crippen molar-refractivity contribution in [1.29, 1.82) is 0 Å². The Morgan fingerprint density at radius 1 is 1.21 bits per heavy atom. The highest BCUT2D eigenvalue weighted by atomic mass is 16.2. The van der Waals surface area contributed by atoms with Gasteiger partial charge in [0.1, 0.15) is 0 Å². The maximum atomic E-state index is 13.0. The number of rotatable bonds is 5. The summed E-state index contributed by atoms with van der Waals surface area (Å²) in [7, 11) is 0. The van der Waals surface area contributed by atoms with Crippen LogP contribution >= 0.6 is 0 Å². The van der Waals surface area contributed by atoms with Gasteiger partial charge in [0.2, 0.25) is 0 Å². The van der Waals surface area contributed by atoms with Crippen molar-refractivity contribution in [1.82, 2.24) is 24.8 Å². The standard InChI is InChI=1S/C21H27N5O2/c1-4-25(5-2)21(28)17-14-23-19(24-15(17)3)18-10-6-7-12-26(18)20(27)16-9-8-11-22-13-16/h8-9,11,13-14,18H,4-7,10,12H2,1-3H3/t18-/m0/s1. The third-order valence-electron chi connectivity index (χ3n) is 5.25. The molecule has 1 aliphatic rings. The fraction of sp³-hybridized carbons (Fsp3) is 0.476. The van der Waals surface area contributed by atoms with Gasteiger partial charge in [0.25, 0.3) is 11.8 Å². The topological polar surface area (TPSA) is 79.3 Å². The van der Waals surface area contributed by atoms with Crippen LogP contribution in [0.4, 0.5) is 0 Å². The monoisotopic (exact) mass is 381 g/mol. The van der Waals surface area contributed by atoms with Gasteiger partial charge in [-0.1, -0.05) is 0 Å². The highest BCUT2D eigenvalue weighted by Crippen LogP contribution is 2.30. The molecule has 2 aromatic rings. The van der Waals surface area contributed by atoms with Crippen molar-refractivity contribution in [2.75, 3.05) is 19.6 Å². The van der Waals surface area contributed by atoms with Gasteiger partial charge in [-0.05, 0) is 52.2 Å². The van der Waals surface area contributed by atoms with E-state index in [9.17, 15) is 9.59 Å². The number of likely N-dealkylation sites (tertiary alicyclic amines) is 1. The summed E-state index contributed by atoms with van der Waals surface area (Å²) in [6.07, 6.45) is 7.65. The van der Waals surface area contributed by atoms with Gasteiger partial charge in [-0.15, -0.1) is 0 Å². The summed E-state index contributed by atoms with van der Waals surface area (Å²) in [5.74, 6) is 0.494. The van der Waals surface area contributed by atoms with Crippen molar-refractivity contribution in [2.45, 2.75) is 46.1 Å². The van der Waals surface area contributed by atoms with Gasteiger partial charge in [-0.3, -0.25) is 14.6 Å². The minimum atomic E-state index is -0.183. The van der Waals surface area contributed by atoms with Crippen LogP contribution in [-0.2, 0) is 0 Å². The molecular formula is C21H27N5O2. The largest absolute Gasteiger partial charge is 0.339 e. The Hall–Kier alpha value is -2.83. The molecule has 0 spiro atoms. The highest BCUT2D eigenvalue weighted by molar-refractivity contribution is 5.95. The summed E-state index contributed by atoms with van der Waals surface area (Å²) in [5, 5.41) is 0. The second kappa shape index (κ2) is 8.91. The van der Waals surface area contributed by atoms with Gasteiger partial charge in [0.05, 0.1) is 22.9 Å². The van der Waals surface area contributed by atoms with Crippen LogP contribution in [-0.4, -0.2) is 56.2 Å². The average Bonchev–Trinajstić information content (AvgIpc) is 2.74. The predicted molar refractivity (Wildman–Crippen MR) is 106 cm³/mol. The lowest BCUT2D eigenvalue weighted by Crippen LogP contribution is -2.39. The van der Waals surface area contributed by atoms with E-state index in [1.165, 1.54) is 0 Å². The summed E-state index contributed by atoms with van der Waals surface area (Å²) in [4.78, 5) is 42.4. The van der Waals surface area contributed by atoms with E-state index >= 15 is 0 Å². The quantitative estimate of drug-likeness (QED) is 0.795. The van der Waals surface area contributed by atoms with E-state index in [4.69, 9.17) is 0 Å². The number of carbonyl (C=O) groups excluding carboxylic acids is 2. The van der Waals surface area contributed by atoms with Crippen molar-refractivity contribution in [3.05, 3.63) is 53.4 Å². The number of pyridine rings is 1. The van der Waals surface area contributed by atoms with E-state index in [0.29, 0.717) is 42.3 Å². The third-order valence-corrected chi connectivity index (χ3v) is 5.25. The Kier molecular flexibility index (Phi) is 6.34. The SMILES string of the molecule is CCN(CC)C(=O)c1cnc([C@@H]2CCCCN2C(=O)c2cccnc2)nc1C. The van der Waals surface area contributed by atoms with Crippen molar-refractivity contribution in [3.8, 4) is 0 Å². The van der Waals surface area contributed by atoms with Gasteiger partial charge in [-0.25, -0.2) is 9.97 Å². The van der Waals surface area contributed by atoms with Crippen LogP contribution in [0.1, 0.15) is 71.4 Å². The molecule has 0 aromatic carbocycles. The fourth-order valence-electron chi connectivity index (χ4n) is 3.63. The van der Waals surface area contributed by atoms with E-state index in [2.05, 4.69) is 15.0 Å². The molecule has 1 fully saturated rings. The molecule has 1 aliphatic heterocycles. The van der Waals surface area contributed by atoms with Crippen LogP contribution in [0.3, 0.4) is 0 Å². The molecule has 28 heavy (non-hydrogen) atoms. The normalized spacial score (nSPS) is 16.7. The Labute approximate surface area is 165 Å². The molecule has 1 saturated heterocycles. The molecule has 0 radical (unpaired) electrons. The zero-order valence-corrected chi connectivity index (χ0v) is 16.8. The molecule has 0 bridgehead atoms. The van der Waals surface area contributed by atoms with Crippen molar-refractivity contribution in [2.24, 2.45) is 0 Å². The predicted octanol–water partition coefficient (Wildman–Crippen LogP) is 3.03. The summed E-state index contributed by atoms with van der Waals surface area (Å²) >= 11 is 0. The molecule has 2 aromatic heterocycles. The molecule has 3 rings (SSSR count). The van der Waals surface area contributed by atoms with Crippen LogP contribution in [0.2, 0.25) is 0 Å². The lowest BCUT2D eigenvalue weighted by molar-refractivity contribution is 0.0597. The summed E-state index contributed by atoms with van der Waals surface area (Å²) in [6, 6.07) is 3.36. The zero-order chi connectivity index (χ0) is 20.1. The molecule has 7 nitrogen and oxygen atoms in total. The summed E-state index contributed by atoms with van der Waals surface area (Å²) in [5.41, 5.74) is 1.74. The van der Waals surface area contributed by atoms with Crippen LogP contribution < -0.4 is 0 Å². The number of amides is 2. The maximum absolute atomic E-state index is 13.0. The first-order valence-corrected chi connectivity index (χ1v) is 9.90. The van der Waals surface area contributed by atoms with Crippen molar-refractivity contribution >= 4 is 11.8 Å². The Morgan fingerprint density at radius 2 is 2.00 bits per heavy atom. The molecule has 7 heteroatoms. The molecule has 3 heterocycles. The number of carbonyl (C=O) groups is 2. The lowest BCUT2D eigenvalue weighted by atomic mass is 10.00. The van der Waals surface area contributed by atoms with E-state index in [1.807, 2.05) is 25.7 Å². The number of piperidine rings is 1. The smallest absolute Gasteiger partial charge is 0.257 e. The number of hydrogen-bond donors (Lipinski definition) is 0. The van der Waals surface area contributed by atoms with E-state index in [-0.39, 0.29) is 17.9 Å².